The number of amides is 1. The molecular formula is C12H11NO4. The van der Waals surface area contributed by atoms with Gasteiger partial charge in [0, 0.05) is 12.0 Å². The minimum absolute atomic E-state index is 0.342. The van der Waals surface area contributed by atoms with Crippen LogP contribution < -0.4 is 15.2 Å². The van der Waals surface area contributed by atoms with Crippen molar-refractivity contribution in [2.45, 2.75) is 0 Å². The second kappa shape index (κ2) is 5.56. The van der Waals surface area contributed by atoms with Crippen molar-refractivity contribution in [3.8, 4) is 23.3 Å². The fourth-order valence-corrected chi connectivity index (χ4v) is 1.24. The lowest BCUT2D eigenvalue weighted by atomic mass is 10.1. The molecule has 0 aliphatic carbocycles. The number of methoxy groups -OCH3 is 2. The van der Waals surface area contributed by atoms with Crippen LogP contribution in [0.3, 0.4) is 0 Å². The number of carbonyl (C=O) groups is 2. The molecule has 5 heteroatoms. The number of primary amides is 1. The smallest absolute Gasteiger partial charge is 0.293 e. The first-order valence-electron chi connectivity index (χ1n) is 4.65. The molecule has 17 heavy (non-hydrogen) atoms. The second-order valence-corrected chi connectivity index (χ2v) is 3.03. The molecule has 0 aliphatic rings. The van der Waals surface area contributed by atoms with Crippen LogP contribution in [0, 0.1) is 11.8 Å². The number of aldehydes is 1. The summed E-state index contributed by atoms with van der Waals surface area (Å²) in [5, 5.41) is 0. The average Bonchev–Trinajstić information content (AvgIpc) is 2.34. The van der Waals surface area contributed by atoms with Crippen LogP contribution in [0.2, 0.25) is 0 Å². The standard InChI is InChI=1S/C12H11NO4/c1-16-10-6-9(7-14)11(17-2)5-8(10)3-4-12(13)15/h5-7H,1-2H3,(H2,13,15). The van der Waals surface area contributed by atoms with Crippen LogP contribution in [0.25, 0.3) is 0 Å². The summed E-state index contributed by atoms with van der Waals surface area (Å²) in [5.41, 5.74) is 5.68. The molecule has 88 valence electrons. The summed E-state index contributed by atoms with van der Waals surface area (Å²) in [7, 11) is 2.87. The first-order valence-corrected chi connectivity index (χ1v) is 4.65. The molecule has 0 aliphatic heterocycles. The number of carbonyl (C=O) groups excluding carboxylic acids is 2. The Morgan fingerprint density at radius 2 is 1.94 bits per heavy atom. The number of ether oxygens (including phenoxy) is 2. The molecule has 1 aromatic carbocycles. The van der Waals surface area contributed by atoms with Crippen LogP contribution in [0.5, 0.6) is 11.5 Å². The molecule has 0 bridgehead atoms. The maximum atomic E-state index is 10.8. The van der Waals surface area contributed by atoms with Gasteiger partial charge in [-0.2, -0.15) is 0 Å². The van der Waals surface area contributed by atoms with Gasteiger partial charge in [-0.15, -0.1) is 0 Å². The first kappa shape index (κ1) is 12.6. The molecular weight excluding hydrogens is 222 g/mol. The summed E-state index contributed by atoms with van der Waals surface area (Å²) in [5.74, 6) is 4.72. The van der Waals surface area contributed by atoms with Gasteiger partial charge in [-0.05, 0) is 6.07 Å². The highest BCUT2D eigenvalue weighted by atomic mass is 16.5. The minimum atomic E-state index is -0.745. The zero-order valence-corrected chi connectivity index (χ0v) is 9.44. The monoisotopic (exact) mass is 233 g/mol. The Morgan fingerprint density at radius 3 is 2.41 bits per heavy atom. The van der Waals surface area contributed by atoms with Crippen molar-refractivity contribution >= 4 is 12.2 Å². The lowest BCUT2D eigenvalue weighted by Crippen LogP contribution is -2.06. The lowest BCUT2D eigenvalue weighted by Gasteiger charge is -2.08. The highest BCUT2D eigenvalue weighted by Gasteiger charge is 2.09. The van der Waals surface area contributed by atoms with Gasteiger partial charge in [-0.3, -0.25) is 9.59 Å². The van der Waals surface area contributed by atoms with E-state index in [9.17, 15) is 9.59 Å². The Kier molecular flexibility index (Phi) is 4.12. The zero-order chi connectivity index (χ0) is 12.8. The van der Waals surface area contributed by atoms with E-state index in [1.807, 2.05) is 0 Å². The van der Waals surface area contributed by atoms with Crippen molar-refractivity contribution in [3.63, 3.8) is 0 Å². The number of hydrogen-bond acceptors (Lipinski definition) is 4. The summed E-state index contributed by atoms with van der Waals surface area (Å²) >= 11 is 0. The summed E-state index contributed by atoms with van der Waals surface area (Å²) in [4.78, 5) is 21.4. The van der Waals surface area contributed by atoms with Crippen LogP contribution in [-0.4, -0.2) is 26.4 Å². The summed E-state index contributed by atoms with van der Waals surface area (Å²) in [6, 6.07) is 3.00. The van der Waals surface area contributed by atoms with Gasteiger partial charge in [0.05, 0.1) is 25.3 Å². The highest BCUT2D eigenvalue weighted by molar-refractivity contribution is 5.93. The van der Waals surface area contributed by atoms with E-state index in [1.165, 1.54) is 26.4 Å². The van der Waals surface area contributed by atoms with Gasteiger partial charge >= 0.3 is 0 Å². The van der Waals surface area contributed by atoms with E-state index in [4.69, 9.17) is 15.2 Å². The molecule has 5 nitrogen and oxygen atoms in total. The molecule has 1 rings (SSSR count). The molecule has 0 unspecified atom stereocenters. The topological polar surface area (TPSA) is 78.6 Å². The lowest BCUT2D eigenvalue weighted by molar-refractivity contribution is -0.112. The fourth-order valence-electron chi connectivity index (χ4n) is 1.24. The Bertz CT molecular complexity index is 511. The SMILES string of the molecule is COc1cc(C=O)c(OC)cc1C#CC(N)=O. The van der Waals surface area contributed by atoms with E-state index in [-0.39, 0.29) is 0 Å². The van der Waals surface area contributed by atoms with Crippen molar-refractivity contribution in [1.29, 1.82) is 0 Å². The maximum Gasteiger partial charge on any atom is 0.293 e. The van der Waals surface area contributed by atoms with Crippen molar-refractivity contribution in [1.82, 2.24) is 0 Å². The van der Waals surface area contributed by atoms with E-state index >= 15 is 0 Å². The molecule has 0 atom stereocenters. The van der Waals surface area contributed by atoms with Crippen LogP contribution in [0.4, 0.5) is 0 Å². The summed E-state index contributed by atoms with van der Waals surface area (Å²) in [6.45, 7) is 0. The van der Waals surface area contributed by atoms with Crippen molar-refractivity contribution in [2.75, 3.05) is 14.2 Å². The Hall–Kier alpha value is -2.48. The largest absolute Gasteiger partial charge is 0.496 e. The van der Waals surface area contributed by atoms with Gasteiger partial charge in [-0.1, -0.05) is 5.92 Å². The van der Waals surface area contributed by atoms with Crippen molar-refractivity contribution in [2.24, 2.45) is 5.73 Å². The zero-order valence-electron chi connectivity index (χ0n) is 9.44. The van der Waals surface area contributed by atoms with Crippen LogP contribution in [-0.2, 0) is 4.79 Å². The number of rotatable bonds is 3. The number of benzene rings is 1. The average molecular weight is 233 g/mol. The molecule has 0 spiro atoms. The second-order valence-electron chi connectivity index (χ2n) is 3.03. The minimum Gasteiger partial charge on any atom is -0.496 e. The molecule has 0 saturated heterocycles. The van der Waals surface area contributed by atoms with Gasteiger partial charge in [0.25, 0.3) is 5.91 Å². The van der Waals surface area contributed by atoms with E-state index in [1.54, 1.807) is 0 Å². The van der Waals surface area contributed by atoms with Gasteiger partial charge in [0.2, 0.25) is 0 Å². The maximum absolute atomic E-state index is 10.8. The predicted molar refractivity (Wildman–Crippen MR) is 61.0 cm³/mol. The third-order valence-electron chi connectivity index (χ3n) is 2.00. The van der Waals surface area contributed by atoms with Crippen LogP contribution in [0.1, 0.15) is 15.9 Å². The third-order valence-corrected chi connectivity index (χ3v) is 2.00. The molecule has 1 amide bonds. The van der Waals surface area contributed by atoms with E-state index in [0.29, 0.717) is 28.9 Å². The van der Waals surface area contributed by atoms with Crippen molar-refractivity contribution in [3.05, 3.63) is 23.3 Å². The molecule has 0 heterocycles. The van der Waals surface area contributed by atoms with E-state index in [0.717, 1.165) is 0 Å². The van der Waals surface area contributed by atoms with E-state index in [2.05, 4.69) is 11.8 Å². The van der Waals surface area contributed by atoms with Gasteiger partial charge in [0.15, 0.2) is 6.29 Å². The first-order chi connectivity index (χ1) is 8.12. The van der Waals surface area contributed by atoms with Crippen LogP contribution in [0.15, 0.2) is 12.1 Å². The third kappa shape index (κ3) is 2.98. The highest BCUT2D eigenvalue weighted by Crippen LogP contribution is 2.27. The summed E-state index contributed by atoms with van der Waals surface area (Å²) in [6.07, 6.45) is 0.645. The Morgan fingerprint density at radius 1 is 1.29 bits per heavy atom. The van der Waals surface area contributed by atoms with Crippen molar-refractivity contribution < 1.29 is 19.1 Å². The van der Waals surface area contributed by atoms with Gasteiger partial charge < -0.3 is 15.2 Å². The van der Waals surface area contributed by atoms with Gasteiger partial charge in [0.1, 0.15) is 11.5 Å². The molecule has 0 fully saturated rings. The Balaban J connectivity index is 3.35. The van der Waals surface area contributed by atoms with E-state index < -0.39 is 5.91 Å². The van der Waals surface area contributed by atoms with Gasteiger partial charge in [-0.25, -0.2) is 0 Å². The molecule has 0 radical (unpaired) electrons. The summed E-state index contributed by atoms with van der Waals surface area (Å²) < 4.78 is 10.1. The molecule has 1 aromatic rings. The molecule has 2 N–H and O–H groups in total. The fraction of sp³-hybridized carbons (Fsp3) is 0.167. The molecule has 0 aromatic heterocycles. The number of nitrogens with two attached hydrogens (primary N) is 1. The Labute approximate surface area is 98.5 Å². The van der Waals surface area contributed by atoms with Crippen LogP contribution >= 0.6 is 0 Å². The number of hydrogen-bond donors (Lipinski definition) is 1. The normalized spacial score (nSPS) is 8.82. The molecule has 0 saturated carbocycles. The quantitative estimate of drug-likeness (QED) is 0.603. The predicted octanol–water partition coefficient (Wildman–Crippen LogP) is 0.353.